The van der Waals surface area contributed by atoms with Crippen molar-refractivity contribution in [1.82, 2.24) is 0 Å². The number of rotatable bonds is 4. The van der Waals surface area contributed by atoms with Crippen molar-refractivity contribution in [2.24, 2.45) is 0 Å². The van der Waals surface area contributed by atoms with E-state index < -0.39 is 0 Å². The molecule has 0 bridgehead atoms. The summed E-state index contributed by atoms with van der Waals surface area (Å²) in [7, 11) is 0. The molecule has 9 heavy (non-hydrogen) atoms. The highest BCUT2D eigenvalue weighted by atomic mass is 79.9. The van der Waals surface area contributed by atoms with E-state index in [4.69, 9.17) is 0 Å². The summed E-state index contributed by atoms with van der Waals surface area (Å²) in [5.41, 5.74) is 2.18. The van der Waals surface area contributed by atoms with Crippen molar-refractivity contribution in [3.8, 4) is 0 Å². The monoisotopic (exact) mass is 398 g/mol. The Hall–Kier alpha value is 2.40. The number of thioether (sulfide) groups is 1. The van der Waals surface area contributed by atoms with Crippen molar-refractivity contribution in [2.45, 2.75) is 0 Å². The van der Waals surface area contributed by atoms with E-state index in [-0.39, 0.29) is 0 Å². The van der Waals surface area contributed by atoms with Crippen LogP contribution < -0.4 is 0 Å². The lowest BCUT2D eigenvalue weighted by Gasteiger charge is -1.97. The normalized spacial score (nSPS) is 9.33. The quantitative estimate of drug-likeness (QED) is 0.652. The number of halogens is 4. The van der Waals surface area contributed by atoms with Crippen LogP contribution in [0.5, 0.6) is 0 Å². The van der Waals surface area contributed by atoms with E-state index in [1.165, 1.54) is 0 Å². The molecule has 0 aromatic carbocycles. The predicted octanol–water partition coefficient (Wildman–Crippen LogP) is 3.35. The summed E-state index contributed by atoms with van der Waals surface area (Å²) in [5, 5.41) is 0. The lowest BCUT2D eigenvalue weighted by atomic mass is 10.2. The first-order valence-corrected chi connectivity index (χ1v) is 7.08. The van der Waals surface area contributed by atoms with Crippen LogP contribution in [0.2, 0.25) is 0 Å². The second-order valence-corrected chi connectivity index (χ2v) is 9.27. The molecule has 0 aliphatic carbocycles. The summed E-state index contributed by atoms with van der Waals surface area (Å²) in [6.07, 6.45) is 0. The van der Waals surface area contributed by atoms with Gasteiger partial charge in [0.1, 0.15) is 0 Å². The second kappa shape index (κ2) is 7.07. The minimum atomic E-state index is 0.439. The average molecular weight is 401 g/mol. The third-order valence-corrected chi connectivity index (χ3v) is 4.64. The Labute approximate surface area is 93.7 Å². The third-order valence-electron chi connectivity index (χ3n) is 0.488. The van der Waals surface area contributed by atoms with Gasteiger partial charge in [-0.25, -0.2) is 0 Å². The van der Waals surface area contributed by atoms with Crippen LogP contribution in [-0.4, -0.2) is 20.0 Å². The molecule has 0 amide bonds. The molecule has 0 aliphatic heterocycles. The van der Waals surface area contributed by atoms with Crippen molar-refractivity contribution < 1.29 is 0 Å². The van der Waals surface area contributed by atoms with Crippen LogP contribution in [0.15, 0.2) is 0 Å². The zero-order valence-corrected chi connectivity index (χ0v) is 11.6. The highest BCUT2D eigenvalue weighted by Crippen LogP contribution is 2.15. The van der Waals surface area contributed by atoms with Crippen molar-refractivity contribution in [3.05, 3.63) is 0 Å². The third kappa shape index (κ3) is 10.4. The lowest BCUT2D eigenvalue weighted by molar-refractivity contribution is 2.09. The van der Waals surface area contributed by atoms with Crippen LogP contribution in [0.1, 0.15) is 0 Å². The van der Waals surface area contributed by atoms with Gasteiger partial charge in [-0.2, -0.15) is 11.8 Å². The molecular formula is C2H4B2Br4S. The molecule has 0 atom stereocenters. The highest BCUT2D eigenvalue weighted by Gasteiger charge is 2.07. The van der Waals surface area contributed by atoms with Crippen molar-refractivity contribution in [3.63, 3.8) is 0 Å². The van der Waals surface area contributed by atoms with Crippen LogP contribution in [0.3, 0.4) is 0 Å². The summed E-state index contributed by atoms with van der Waals surface area (Å²) >= 11 is 15.4. The molecule has 52 valence electrons. The first-order chi connectivity index (χ1) is 4.13. The Bertz CT molecular complexity index is 61.6. The SMILES string of the molecule is BrB(Br)CSCB(Br)Br. The van der Waals surface area contributed by atoms with E-state index in [1.54, 1.807) is 0 Å². The van der Waals surface area contributed by atoms with Gasteiger partial charge in [0.2, 0.25) is 0 Å². The molecule has 0 rings (SSSR count). The molecule has 0 nitrogen and oxygen atoms in total. The first-order valence-electron chi connectivity index (χ1n) is 2.27. The molecule has 7 heteroatoms. The average Bonchev–Trinajstić information content (AvgIpc) is 1.63. The molecule has 0 fully saturated rings. The van der Waals surface area contributed by atoms with Gasteiger partial charge in [-0.05, 0) is 11.3 Å². The van der Waals surface area contributed by atoms with Crippen molar-refractivity contribution in [2.75, 3.05) is 11.3 Å². The molecule has 0 N–H and O–H groups in total. The van der Waals surface area contributed by atoms with E-state index in [9.17, 15) is 0 Å². The Kier molecular flexibility index (Phi) is 8.96. The van der Waals surface area contributed by atoms with Crippen LogP contribution in [0.25, 0.3) is 0 Å². The number of hydrogen-bond donors (Lipinski definition) is 0. The summed E-state index contributed by atoms with van der Waals surface area (Å²) in [4.78, 5) is 0. The van der Waals surface area contributed by atoms with Gasteiger partial charge in [-0.3, -0.25) is 0 Å². The van der Waals surface area contributed by atoms with Gasteiger partial charge in [0.25, 0.3) is 0 Å². The van der Waals surface area contributed by atoms with Crippen LogP contribution in [0, 0.1) is 0 Å². The fourth-order valence-electron chi connectivity index (χ4n) is 0.246. The van der Waals surface area contributed by atoms with Crippen LogP contribution in [-0.2, 0) is 0 Å². The molecule has 0 radical (unpaired) electrons. The molecule has 0 unspecified atom stereocenters. The van der Waals surface area contributed by atoms with Gasteiger partial charge < -0.3 is 0 Å². The molecule has 0 saturated carbocycles. The molecule has 0 saturated heterocycles. The van der Waals surface area contributed by atoms with Crippen LogP contribution in [0.4, 0.5) is 0 Å². The first kappa shape index (κ1) is 11.4. The maximum Gasteiger partial charge on any atom is 0.308 e. The Morgan fingerprint density at radius 3 is 1.44 bits per heavy atom. The largest absolute Gasteiger partial charge is 0.308 e. The second-order valence-electron chi connectivity index (χ2n) is 1.32. The Morgan fingerprint density at radius 1 is 0.889 bits per heavy atom. The topological polar surface area (TPSA) is 0 Å². The standard InChI is InChI=1S/C2H4B2Br4S/c5-3(6)1-9-2-4(7)8/h1-2H2. The van der Waals surface area contributed by atoms with E-state index >= 15 is 0 Å². The highest BCUT2D eigenvalue weighted by molar-refractivity contribution is 9.49. The van der Waals surface area contributed by atoms with Gasteiger partial charge >= 0.3 is 8.72 Å². The van der Waals surface area contributed by atoms with Crippen molar-refractivity contribution >= 4 is 83.5 Å². The summed E-state index contributed by atoms with van der Waals surface area (Å²) < 4.78 is 0.877. The van der Waals surface area contributed by atoms with E-state index in [0.717, 1.165) is 11.3 Å². The van der Waals surface area contributed by atoms with Crippen molar-refractivity contribution in [1.29, 1.82) is 0 Å². The minimum absolute atomic E-state index is 0.439. The molecule has 0 heterocycles. The molecule has 0 spiro atoms. The zero-order chi connectivity index (χ0) is 7.28. The summed E-state index contributed by atoms with van der Waals surface area (Å²) in [6.45, 7) is 0. The maximum atomic E-state index is 3.39. The Morgan fingerprint density at radius 2 is 1.22 bits per heavy atom. The maximum absolute atomic E-state index is 3.39. The molecule has 0 aliphatic rings. The van der Waals surface area contributed by atoms with Gasteiger partial charge in [0.05, 0.1) is 0 Å². The van der Waals surface area contributed by atoms with Gasteiger partial charge in [0, 0.05) is 0 Å². The lowest BCUT2D eigenvalue weighted by Crippen LogP contribution is -2.02. The molecule has 0 aromatic heterocycles. The van der Waals surface area contributed by atoms with Crippen LogP contribution >= 0.6 is 74.8 Å². The van der Waals surface area contributed by atoms with Gasteiger partial charge in [0.15, 0.2) is 0 Å². The summed E-state index contributed by atoms with van der Waals surface area (Å²) in [5.74, 6) is 0. The molecular weight excluding hydrogens is 397 g/mol. The van der Waals surface area contributed by atoms with E-state index in [1.807, 2.05) is 11.8 Å². The predicted molar refractivity (Wildman–Crippen MR) is 64.5 cm³/mol. The van der Waals surface area contributed by atoms with E-state index in [0.29, 0.717) is 8.72 Å². The van der Waals surface area contributed by atoms with E-state index in [2.05, 4.69) is 63.0 Å². The Balaban J connectivity index is 2.91. The van der Waals surface area contributed by atoms with Gasteiger partial charge in [-0.15, -0.1) is 63.0 Å². The van der Waals surface area contributed by atoms with Gasteiger partial charge in [-0.1, -0.05) is 0 Å². The molecule has 0 aromatic rings. The fraction of sp³-hybridized carbons (Fsp3) is 1.00. The fourth-order valence-corrected chi connectivity index (χ4v) is 2.98. The zero-order valence-electron chi connectivity index (χ0n) is 4.49. The smallest absolute Gasteiger partial charge is 0.174 e. The minimum Gasteiger partial charge on any atom is -0.174 e. The number of hydrogen-bond acceptors (Lipinski definition) is 1. The summed E-state index contributed by atoms with van der Waals surface area (Å²) in [6, 6.07) is 0.